The number of hydrogen-bond acceptors (Lipinski definition) is 4. The van der Waals surface area contributed by atoms with Crippen molar-refractivity contribution in [2.75, 3.05) is 0 Å². The van der Waals surface area contributed by atoms with Crippen LogP contribution in [0.3, 0.4) is 0 Å². The van der Waals surface area contributed by atoms with E-state index in [0.717, 1.165) is 39.5 Å². The van der Waals surface area contributed by atoms with E-state index in [2.05, 4.69) is 168 Å². The number of phenols is 1. The van der Waals surface area contributed by atoms with Gasteiger partial charge in [0.15, 0.2) is 0 Å². The summed E-state index contributed by atoms with van der Waals surface area (Å²) in [5.74, 6) is 2.59. The number of aromatic hydroxyl groups is 1. The minimum absolute atomic E-state index is 0.0482. The van der Waals surface area contributed by atoms with Gasteiger partial charge >= 0.3 is 0 Å². The summed E-state index contributed by atoms with van der Waals surface area (Å²) in [5, 5.41) is 10.5. The maximum atomic E-state index is 10.5. The summed E-state index contributed by atoms with van der Waals surface area (Å²) in [6.45, 7) is 33.5. The molecule has 0 spiro atoms. The van der Waals surface area contributed by atoms with E-state index >= 15 is 0 Å². The molecule has 1 unspecified atom stereocenters. The summed E-state index contributed by atoms with van der Waals surface area (Å²) in [4.78, 5) is 0. The normalized spacial score (nSPS) is 13.3. The SMILES string of the molecule is C[Si](C)Oc1cc(C(C)(C)C)ccc1C(c1ccc(O)cc1)C(c1ccc(C(C)(C)C)cc1O[Si](C)C)c1ccc(C(C)(C)C)cc1O[Si](C)C. The molecular formula is C44H61O4Si3. The van der Waals surface area contributed by atoms with Crippen molar-refractivity contribution >= 4 is 27.1 Å². The Balaban J connectivity index is 2.22. The summed E-state index contributed by atoms with van der Waals surface area (Å²) < 4.78 is 20.6. The van der Waals surface area contributed by atoms with Gasteiger partial charge in [0, 0.05) is 28.5 Å². The van der Waals surface area contributed by atoms with Crippen molar-refractivity contribution in [1.29, 1.82) is 0 Å². The molecule has 0 aromatic heterocycles. The Morgan fingerprint density at radius 3 is 1.00 bits per heavy atom. The van der Waals surface area contributed by atoms with Crippen molar-refractivity contribution in [2.45, 2.75) is 130 Å². The average Bonchev–Trinajstić information content (AvgIpc) is 2.99. The molecule has 4 aromatic rings. The van der Waals surface area contributed by atoms with Gasteiger partial charge in [-0.2, -0.15) is 0 Å². The summed E-state index contributed by atoms with van der Waals surface area (Å²) in [7, 11) is -3.36. The highest BCUT2D eigenvalue weighted by atomic mass is 28.3. The molecule has 0 saturated carbocycles. The standard InChI is InChI=1S/C44H61O4Si3/c1-42(2,3)30-18-23-34(37(26-30)46-49(10)11)40(29-16-21-33(45)22-17-29)41(35-24-19-31(43(4,5)6)27-38(35)47-50(12)13)36-25-20-32(44(7,8)9)28-39(36)48-51(14)15/h16-28,40-41,45H,1-15H3. The Labute approximate surface area is 314 Å². The van der Waals surface area contributed by atoms with Crippen molar-refractivity contribution in [1.82, 2.24) is 0 Å². The van der Waals surface area contributed by atoms with Crippen LogP contribution in [0.1, 0.15) is 113 Å². The van der Waals surface area contributed by atoms with Crippen molar-refractivity contribution in [3.8, 4) is 23.0 Å². The van der Waals surface area contributed by atoms with Crippen molar-refractivity contribution in [2.24, 2.45) is 0 Å². The predicted molar refractivity (Wildman–Crippen MR) is 222 cm³/mol. The predicted octanol–water partition coefficient (Wildman–Crippen LogP) is 12.1. The molecule has 51 heavy (non-hydrogen) atoms. The van der Waals surface area contributed by atoms with Gasteiger partial charge in [0.2, 0.25) is 0 Å². The van der Waals surface area contributed by atoms with Gasteiger partial charge in [0.25, 0.3) is 27.1 Å². The van der Waals surface area contributed by atoms with E-state index in [1.54, 1.807) is 12.1 Å². The van der Waals surface area contributed by atoms with Gasteiger partial charge in [-0.25, -0.2) is 0 Å². The van der Waals surface area contributed by atoms with Gasteiger partial charge in [-0.15, -0.1) is 0 Å². The first-order valence-corrected chi connectivity index (χ1v) is 25.4. The van der Waals surface area contributed by atoms with Crippen LogP contribution in [0.2, 0.25) is 39.3 Å². The molecule has 0 amide bonds. The maximum Gasteiger partial charge on any atom is 0.274 e. The van der Waals surface area contributed by atoms with Crippen molar-refractivity contribution in [3.63, 3.8) is 0 Å². The van der Waals surface area contributed by atoms with Crippen LogP contribution in [0.15, 0.2) is 78.9 Å². The fourth-order valence-electron chi connectivity index (χ4n) is 6.46. The Bertz CT molecular complexity index is 1700. The zero-order valence-electron chi connectivity index (χ0n) is 33.8. The van der Waals surface area contributed by atoms with Crippen molar-refractivity contribution < 1.29 is 18.4 Å². The number of hydrogen-bond donors (Lipinski definition) is 1. The van der Waals surface area contributed by atoms with E-state index in [1.165, 1.54) is 16.7 Å². The molecule has 4 nitrogen and oxygen atoms in total. The molecule has 3 radical (unpaired) electrons. The Morgan fingerprint density at radius 2 is 0.725 bits per heavy atom. The first kappa shape index (κ1) is 40.5. The molecule has 0 saturated heterocycles. The zero-order chi connectivity index (χ0) is 38.1. The van der Waals surface area contributed by atoms with Crippen LogP contribution < -0.4 is 13.3 Å². The highest BCUT2D eigenvalue weighted by Gasteiger charge is 2.36. The lowest BCUT2D eigenvalue weighted by Crippen LogP contribution is -2.23. The first-order chi connectivity index (χ1) is 23.6. The van der Waals surface area contributed by atoms with Crippen LogP contribution in [0.5, 0.6) is 23.0 Å². The topological polar surface area (TPSA) is 47.9 Å². The van der Waals surface area contributed by atoms with Crippen LogP contribution >= 0.6 is 0 Å². The molecule has 1 N–H and O–H groups in total. The molecule has 0 aliphatic rings. The largest absolute Gasteiger partial charge is 0.542 e. The van der Waals surface area contributed by atoms with Gasteiger partial charge in [-0.3, -0.25) is 0 Å². The van der Waals surface area contributed by atoms with E-state index in [1.807, 2.05) is 0 Å². The molecule has 0 fully saturated rings. The molecule has 4 aromatic carbocycles. The average molecular weight is 738 g/mol. The molecule has 0 aliphatic heterocycles. The molecular weight excluding hydrogens is 677 g/mol. The fraction of sp³-hybridized carbons (Fsp3) is 0.455. The van der Waals surface area contributed by atoms with Crippen LogP contribution in [0.4, 0.5) is 0 Å². The van der Waals surface area contributed by atoms with Crippen LogP contribution in [0, 0.1) is 0 Å². The van der Waals surface area contributed by atoms with E-state index in [9.17, 15) is 5.11 Å². The first-order valence-electron chi connectivity index (χ1n) is 18.2. The van der Waals surface area contributed by atoms with Gasteiger partial charge in [-0.1, -0.05) is 111 Å². The van der Waals surface area contributed by atoms with Gasteiger partial charge < -0.3 is 18.4 Å². The lowest BCUT2D eigenvalue weighted by molar-refractivity contribution is 0.474. The fourth-order valence-corrected chi connectivity index (χ4v) is 8.31. The Morgan fingerprint density at radius 1 is 0.431 bits per heavy atom. The second kappa shape index (κ2) is 15.8. The Kier molecular flexibility index (Phi) is 12.5. The summed E-state index contributed by atoms with van der Waals surface area (Å²) in [5.41, 5.74) is 7.98. The maximum absolute atomic E-state index is 10.5. The van der Waals surface area contributed by atoms with E-state index in [4.69, 9.17) is 13.3 Å². The smallest absolute Gasteiger partial charge is 0.274 e. The minimum atomic E-state index is -1.12. The van der Waals surface area contributed by atoms with Crippen LogP contribution in [0.25, 0.3) is 0 Å². The highest BCUT2D eigenvalue weighted by molar-refractivity contribution is 6.50. The number of phenolic OH excluding ortho intramolecular Hbond substituents is 1. The molecule has 1 atom stereocenters. The van der Waals surface area contributed by atoms with E-state index < -0.39 is 27.1 Å². The Hall–Kier alpha value is -3.27. The van der Waals surface area contributed by atoms with Crippen LogP contribution in [-0.4, -0.2) is 32.2 Å². The minimum Gasteiger partial charge on any atom is -0.542 e. The third-order valence-electron chi connectivity index (χ3n) is 9.17. The lowest BCUT2D eigenvalue weighted by Gasteiger charge is -2.35. The molecule has 7 heteroatoms. The molecule has 4 rings (SSSR count). The zero-order valence-corrected chi connectivity index (χ0v) is 36.8. The summed E-state index contributed by atoms with van der Waals surface area (Å²) in [6.07, 6.45) is 0. The quantitative estimate of drug-likeness (QED) is 0.156. The van der Waals surface area contributed by atoms with E-state index in [0.29, 0.717) is 0 Å². The van der Waals surface area contributed by atoms with Gasteiger partial charge in [0.1, 0.15) is 23.0 Å². The molecule has 0 heterocycles. The summed E-state index contributed by atoms with van der Waals surface area (Å²) >= 11 is 0. The molecule has 0 bridgehead atoms. The monoisotopic (exact) mass is 737 g/mol. The van der Waals surface area contributed by atoms with Crippen molar-refractivity contribution in [3.05, 3.63) is 118 Å². The second-order valence-electron chi connectivity index (χ2n) is 17.6. The van der Waals surface area contributed by atoms with E-state index in [-0.39, 0.29) is 33.8 Å². The second-order valence-corrected chi connectivity index (χ2v) is 23.6. The molecule has 273 valence electrons. The van der Waals surface area contributed by atoms with Gasteiger partial charge in [-0.05, 0) is 108 Å². The highest BCUT2D eigenvalue weighted by Crippen LogP contribution is 2.52. The number of benzene rings is 4. The summed E-state index contributed by atoms with van der Waals surface area (Å²) in [6, 6.07) is 28.2. The number of rotatable bonds is 11. The van der Waals surface area contributed by atoms with Crippen LogP contribution in [-0.2, 0) is 16.2 Å². The third kappa shape index (κ3) is 10.2. The van der Waals surface area contributed by atoms with Gasteiger partial charge in [0.05, 0.1) is 0 Å². The lowest BCUT2D eigenvalue weighted by atomic mass is 9.71. The molecule has 0 aliphatic carbocycles. The third-order valence-corrected chi connectivity index (χ3v) is 11.1.